The normalized spacial score (nSPS) is 10.4. The molecule has 0 aliphatic rings. The molecule has 0 heterocycles. The number of nitrogens with zero attached hydrogens (tertiary/aromatic N) is 1. The van der Waals surface area contributed by atoms with Crippen LogP contribution in [0.1, 0.15) is 11.1 Å². The van der Waals surface area contributed by atoms with E-state index in [1.54, 1.807) is 0 Å². The number of sulfonamides is 1. The summed E-state index contributed by atoms with van der Waals surface area (Å²) in [5.74, 6) is 5.70. The van der Waals surface area contributed by atoms with Gasteiger partial charge >= 0.3 is 0 Å². The van der Waals surface area contributed by atoms with E-state index in [-0.39, 0.29) is 11.4 Å². The lowest BCUT2D eigenvalue weighted by molar-refractivity contribution is -0.384. The second-order valence-corrected chi connectivity index (χ2v) is 6.23. The number of benzene rings is 2. The fourth-order valence-electron chi connectivity index (χ4n) is 1.70. The minimum absolute atomic E-state index is 0.0835. The van der Waals surface area contributed by atoms with Crippen molar-refractivity contribution in [2.45, 2.75) is 0 Å². The largest absolute Gasteiger partial charge is 0.282 e. The summed E-state index contributed by atoms with van der Waals surface area (Å²) >= 11 is 0. The molecule has 2 aromatic carbocycles. The van der Waals surface area contributed by atoms with E-state index in [1.165, 1.54) is 12.1 Å². The van der Waals surface area contributed by atoms with Crippen LogP contribution in [0.4, 0.5) is 11.4 Å². The van der Waals surface area contributed by atoms with Crippen molar-refractivity contribution >= 4 is 21.4 Å². The molecule has 1 N–H and O–H groups in total. The Balaban J connectivity index is 2.46. The number of nitro benzene ring substituents is 1. The van der Waals surface area contributed by atoms with Crippen molar-refractivity contribution in [3.05, 3.63) is 69.8 Å². The standard InChI is InChI=1S/C15H12N2O4S/c1-22(20,21)16-15-11-14(17(18)19)10-9-13(15)8-7-12-5-3-2-4-6-12/h2-6,9-11,16H,1H3. The third-order valence-electron chi connectivity index (χ3n) is 2.62. The molecule has 0 saturated heterocycles. The molecule has 7 heteroatoms. The van der Waals surface area contributed by atoms with E-state index < -0.39 is 14.9 Å². The topological polar surface area (TPSA) is 89.3 Å². The van der Waals surface area contributed by atoms with Crippen LogP contribution < -0.4 is 4.72 Å². The third-order valence-corrected chi connectivity index (χ3v) is 3.22. The fourth-order valence-corrected chi connectivity index (χ4v) is 2.27. The highest BCUT2D eigenvalue weighted by atomic mass is 32.2. The van der Waals surface area contributed by atoms with Crippen molar-refractivity contribution in [1.82, 2.24) is 0 Å². The molecule has 0 bridgehead atoms. The number of hydrogen-bond acceptors (Lipinski definition) is 4. The van der Waals surface area contributed by atoms with Gasteiger partial charge in [-0.15, -0.1) is 0 Å². The lowest BCUT2D eigenvalue weighted by Crippen LogP contribution is -2.11. The molecular formula is C15H12N2O4S. The van der Waals surface area contributed by atoms with Gasteiger partial charge in [-0.2, -0.15) is 0 Å². The lowest BCUT2D eigenvalue weighted by atomic mass is 10.1. The molecule has 0 fully saturated rings. The summed E-state index contributed by atoms with van der Waals surface area (Å²) in [5, 5.41) is 10.8. The molecule has 0 radical (unpaired) electrons. The average molecular weight is 316 g/mol. The highest BCUT2D eigenvalue weighted by Crippen LogP contribution is 2.22. The van der Waals surface area contributed by atoms with Gasteiger partial charge in [0, 0.05) is 23.3 Å². The van der Waals surface area contributed by atoms with Gasteiger partial charge in [-0.25, -0.2) is 8.42 Å². The van der Waals surface area contributed by atoms with E-state index in [0.717, 1.165) is 17.9 Å². The van der Waals surface area contributed by atoms with Gasteiger partial charge in [-0.3, -0.25) is 14.8 Å². The molecular weight excluding hydrogens is 304 g/mol. The summed E-state index contributed by atoms with van der Waals surface area (Å²) < 4.78 is 25.0. The maximum atomic E-state index is 11.4. The Kier molecular flexibility index (Phi) is 4.44. The number of nitro groups is 1. The SMILES string of the molecule is CS(=O)(=O)Nc1cc([N+](=O)[O-])ccc1C#Cc1ccccc1. The van der Waals surface area contributed by atoms with Gasteiger partial charge in [0.1, 0.15) is 0 Å². The van der Waals surface area contributed by atoms with Crippen LogP contribution in [0.25, 0.3) is 0 Å². The van der Waals surface area contributed by atoms with Gasteiger partial charge in [0.15, 0.2) is 0 Å². The first-order valence-corrected chi connectivity index (χ1v) is 8.07. The van der Waals surface area contributed by atoms with E-state index >= 15 is 0 Å². The summed E-state index contributed by atoms with van der Waals surface area (Å²) in [6.45, 7) is 0. The molecule has 0 saturated carbocycles. The minimum Gasteiger partial charge on any atom is -0.282 e. The molecule has 0 aliphatic carbocycles. The first kappa shape index (κ1) is 15.5. The van der Waals surface area contributed by atoms with E-state index in [2.05, 4.69) is 16.6 Å². The highest BCUT2D eigenvalue weighted by Gasteiger charge is 2.12. The Hall–Kier alpha value is -2.85. The first-order chi connectivity index (χ1) is 10.3. The summed E-state index contributed by atoms with van der Waals surface area (Å²) in [4.78, 5) is 10.2. The van der Waals surface area contributed by atoms with E-state index in [4.69, 9.17) is 0 Å². The Morgan fingerprint density at radius 1 is 1.09 bits per heavy atom. The van der Waals surface area contributed by atoms with Gasteiger partial charge in [0.05, 0.1) is 16.9 Å². The zero-order valence-electron chi connectivity index (χ0n) is 11.6. The third kappa shape index (κ3) is 4.33. The van der Waals surface area contributed by atoms with Crippen LogP contribution in [0.3, 0.4) is 0 Å². The average Bonchev–Trinajstić information content (AvgIpc) is 2.45. The van der Waals surface area contributed by atoms with Crippen LogP contribution in [0.5, 0.6) is 0 Å². The first-order valence-electron chi connectivity index (χ1n) is 6.18. The van der Waals surface area contributed by atoms with Crippen LogP contribution in [0, 0.1) is 22.0 Å². The van der Waals surface area contributed by atoms with Gasteiger partial charge in [0.2, 0.25) is 10.0 Å². The van der Waals surface area contributed by atoms with Crippen molar-refractivity contribution in [3.8, 4) is 11.8 Å². The van der Waals surface area contributed by atoms with Crippen molar-refractivity contribution in [2.75, 3.05) is 11.0 Å². The maximum absolute atomic E-state index is 11.4. The van der Waals surface area contributed by atoms with Gasteiger partial charge in [-0.1, -0.05) is 30.0 Å². The zero-order valence-corrected chi connectivity index (χ0v) is 12.4. The molecule has 0 aromatic heterocycles. The van der Waals surface area contributed by atoms with Gasteiger partial charge < -0.3 is 0 Å². The van der Waals surface area contributed by atoms with Crippen LogP contribution in [0.2, 0.25) is 0 Å². The molecule has 2 aromatic rings. The van der Waals surface area contributed by atoms with Crippen LogP contribution in [-0.2, 0) is 10.0 Å². The Bertz CT molecular complexity index is 865. The summed E-state index contributed by atoms with van der Waals surface area (Å²) in [5.41, 5.74) is 0.988. The van der Waals surface area contributed by atoms with Crippen LogP contribution in [0.15, 0.2) is 48.5 Å². The highest BCUT2D eigenvalue weighted by molar-refractivity contribution is 7.92. The van der Waals surface area contributed by atoms with Gasteiger partial charge in [0.25, 0.3) is 5.69 Å². The summed E-state index contributed by atoms with van der Waals surface area (Å²) in [7, 11) is -3.57. The molecule has 22 heavy (non-hydrogen) atoms. The quantitative estimate of drug-likeness (QED) is 0.535. The maximum Gasteiger partial charge on any atom is 0.271 e. The number of hydrogen-bond donors (Lipinski definition) is 1. The summed E-state index contributed by atoms with van der Waals surface area (Å²) in [6, 6.07) is 13.0. The zero-order chi connectivity index (χ0) is 16.2. The van der Waals surface area contributed by atoms with Crippen molar-refractivity contribution in [2.24, 2.45) is 0 Å². The van der Waals surface area contributed by atoms with Crippen molar-refractivity contribution in [3.63, 3.8) is 0 Å². The van der Waals surface area contributed by atoms with Crippen LogP contribution >= 0.6 is 0 Å². The Morgan fingerprint density at radius 3 is 2.36 bits per heavy atom. The van der Waals surface area contributed by atoms with E-state index in [1.807, 2.05) is 30.3 Å². The lowest BCUT2D eigenvalue weighted by Gasteiger charge is -2.06. The minimum atomic E-state index is -3.57. The fraction of sp³-hybridized carbons (Fsp3) is 0.0667. The second kappa shape index (κ2) is 6.28. The van der Waals surface area contributed by atoms with E-state index in [0.29, 0.717) is 5.56 Å². The second-order valence-electron chi connectivity index (χ2n) is 4.48. The molecule has 0 unspecified atom stereocenters. The molecule has 0 aliphatic heterocycles. The smallest absolute Gasteiger partial charge is 0.271 e. The van der Waals surface area contributed by atoms with Crippen LogP contribution in [-0.4, -0.2) is 19.6 Å². The number of nitrogens with one attached hydrogen (secondary N) is 1. The Morgan fingerprint density at radius 2 is 1.77 bits per heavy atom. The summed E-state index contributed by atoms with van der Waals surface area (Å²) in [6.07, 6.45) is 0.972. The Labute approximate surface area is 128 Å². The van der Waals surface area contributed by atoms with Gasteiger partial charge in [-0.05, 0) is 18.2 Å². The predicted octanol–water partition coefficient (Wildman–Crippen LogP) is 2.37. The van der Waals surface area contributed by atoms with Crippen molar-refractivity contribution < 1.29 is 13.3 Å². The van der Waals surface area contributed by atoms with Crippen molar-refractivity contribution in [1.29, 1.82) is 0 Å². The predicted molar refractivity (Wildman–Crippen MR) is 84.0 cm³/mol. The molecule has 0 spiro atoms. The monoisotopic (exact) mass is 316 g/mol. The number of anilines is 1. The number of rotatable bonds is 3. The molecule has 6 nitrogen and oxygen atoms in total. The molecule has 0 amide bonds. The molecule has 0 atom stereocenters. The van der Waals surface area contributed by atoms with E-state index in [9.17, 15) is 18.5 Å². The molecule has 2 rings (SSSR count). The number of non-ortho nitro benzene ring substituents is 1. The molecule has 112 valence electrons.